The van der Waals surface area contributed by atoms with Crippen LogP contribution in [0.2, 0.25) is 0 Å². The number of nitrogens with zero attached hydrogens (tertiary/aromatic N) is 1. The first-order valence-corrected chi connectivity index (χ1v) is 6.95. The SMILES string of the molecule is CCCC1CCN(Cc2ccc(C(=N)N)cc2F)C1. The second-order valence-corrected chi connectivity index (χ2v) is 5.40. The van der Waals surface area contributed by atoms with Gasteiger partial charge in [0.25, 0.3) is 0 Å². The van der Waals surface area contributed by atoms with Crippen molar-refractivity contribution in [2.75, 3.05) is 13.1 Å². The van der Waals surface area contributed by atoms with E-state index in [1.165, 1.54) is 25.3 Å². The van der Waals surface area contributed by atoms with Gasteiger partial charge >= 0.3 is 0 Å². The Labute approximate surface area is 114 Å². The molecule has 3 nitrogen and oxygen atoms in total. The molecule has 4 heteroatoms. The van der Waals surface area contributed by atoms with Crippen molar-refractivity contribution in [3.05, 3.63) is 35.1 Å². The Kier molecular flexibility index (Phi) is 4.53. The smallest absolute Gasteiger partial charge is 0.128 e. The Balaban J connectivity index is 1.98. The van der Waals surface area contributed by atoms with E-state index >= 15 is 0 Å². The fraction of sp³-hybridized carbons (Fsp3) is 0.533. The summed E-state index contributed by atoms with van der Waals surface area (Å²) in [5, 5.41) is 7.30. The maximum absolute atomic E-state index is 13.9. The number of hydrogen-bond donors (Lipinski definition) is 2. The first kappa shape index (κ1) is 14.0. The van der Waals surface area contributed by atoms with Crippen LogP contribution in [0.4, 0.5) is 4.39 Å². The number of nitrogens with one attached hydrogen (secondary N) is 1. The van der Waals surface area contributed by atoms with Gasteiger partial charge in [0.1, 0.15) is 11.7 Å². The number of rotatable bonds is 5. The average Bonchev–Trinajstić information content (AvgIpc) is 2.79. The number of benzene rings is 1. The summed E-state index contributed by atoms with van der Waals surface area (Å²) in [6.07, 6.45) is 3.71. The van der Waals surface area contributed by atoms with Gasteiger partial charge in [0.2, 0.25) is 0 Å². The summed E-state index contributed by atoms with van der Waals surface area (Å²) in [5.74, 6) is 0.422. The highest BCUT2D eigenvalue weighted by molar-refractivity contribution is 5.94. The molecule has 3 N–H and O–H groups in total. The lowest BCUT2D eigenvalue weighted by Crippen LogP contribution is -2.21. The third-order valence-corrected chi connectivity index (χ3v) is 3.82. The highest BCUT2D eigenvalue weighted by Crippen LogP contribution is 2.23. The predicted octanol–water partition coefficient (Wildman–Crippen LogP) is 2.73. The molecule has 1 aromatic rings. The molecule has 1 fully saturated rings. The predicted molar refractivity (Wildman–Crippen MR) is 75.7 cm³/mol. The molecule has 1 heterocycles. The van der Waals surface area contributed by atoms with Gasteiger partial charge in [-0.3, -0.25) is 10.3 Å². The Bertz CT molecular complexity index is 459. The van der Waals surface area contributed by atoms with Crippen LogP contribution < -0.4 is 5.73 Å². The number of nitrogen functional groups attached to an aromatic ring is 1. The van der Waals surface area contributed by atoms with Crippen LogP contribution in [0.25, 0.3) is 0 Å². The second-order valence-electron chi connectivity index (χ2n) is 5.40. The van der Waals surface area contributed by atoms with Gasteiger partial charge < -0.3 is 5.73 Å². The molecule has 19 heavy (non-hydrogen) atoms. The van der Waals surface area contributed by atoms with Gasteiger partial charge in [-0.2, -0.15) is 0 Å². The summed E-state index contributed by atoms with van der Waals surface area (Å²) in [4.78, 5) is 2.31. The molecule has 0 bridgehead atoms. The first-order chi connectivity index (χ1) is 9.10. The number of halogens is 1. The third-order valence-electron chi connectivity index (χ3n) is 3.82. The van der Waals surface area contributed by atoms with Crippen LogP contribution in [0.3, 0.4) is 0 Å². The number of nitrogens with two attached hydrogens (primary N) is 1. The van der Waals surface area contributed by atoms with Crippen molar-refractivity contribution in [2.24, 2.45) is 11.7 Å². The maximum atomic E-state index is 13.9. The lowest BCUT2D eigenvalue weighted by Gasteiger charge is -2.16. The molecule has 1 atom stereocenters. The lowest BCUT2D eigenvalue weighted by atomic mass is 10.0. The van der Waals surface area contributed by atoms with Crippen LogP contribution in [0.5, 0.6) is 0 Å². The van der Waals surface area contributed by atoms with Crippen LogP contribution in [0.1, 0.15) is 37.3 Å². The highest BCUT2D eigenvalue weighted by atomic mass is 19.1. The summed E-state index contributed by atoms with van der Waals surface area (Å²) in [7, 11) is 0. The van der Waals surface area contributed by atoms with Gasteiger partial charge in [-0.25, -0.2) is 4.39 Å². The number of likely N-dealkylation sites (tertiary alicyclic amines) is 1. The molecule has 0 aromatic heterocycles. The summed E-state index contributed by atoms with van der Waals surface area (Å²) >= 11 is 0. The van der Waals surface area contributed by atoms with E-state index in [9.17, 15) is 4.39 Å². The molecule has 0 amide bonds. The molecule has 0 spiro atoms. The summed E-state index contributed by atoms with van der Waals surface area (Å²) < 4.78 is 13.9. The summed E-state index contributed by atoms with van der Waals surface area (Å²) in [6, 6.07) is 4.83. The standard InChI is InChI=1S/C15H22FN3/c1-2-3-11-6-7-19(9-11)10-13-5-4-12(15(17)18)8-14(13)16/h4-5,8,11H,2-3,6-7,9-10H2,1H3,(H3,17,18). The van der Waals surface area contributed by atoms with Gasteiger partial charge in [0, 0.05) is 24.2 Å². The van der Waals surface area contributed by atoms with Crippen LogP contribution in [0, 0.1) is 17.1 Å². The van der Waals surface area contributed by atoms with Crippen molar-refractivity contribution < 1.29 is 4.39 Å². The zero-order valence-corrected chi connectivity index (χ0v) is 11.5. The number of amidine groups is 1. The molecule has 104 valence electrons. The van der Waals surface area contributed by atoms with E-state index < -0.39 is 0 Å². The molecule has 1 aliphatic heterocycles. The van der Waals surface area contributed by atoms with Crippen molar-refractivity contribution in [1.29, 1.82) is 5.41 Å². The Morgan fingerprint density at radius 2 is 2.32 bits per heavy atom. The van der Waals surface area contributed by atoms with Gasteiger partial charge in [-0.05, 0) is 31.4 Å². The van der Waals surface area contributed by atoms with Crippen LogP contribution >= 0.6 is 0 Å². The van der Waals surface area contributed by atoms with Gasteiger partial charge in [-0.15, -0.1) is 0 Å². The van der Waals surface area contributed by atoms with Crippen LogP contribution in [-0.2, 0) is 6.54 Å². The molecule has 0 aliphatic carbocycles. The Morgan fingerprint density at radius 1 is 1.53 bits per heavy atom. The van der Waals surface area contributed by atoms with Gasteiger partial charge in [0.15, 0.2) is 0 Å². The van der Waals surface area contributed by atoms with Crippen molar-refractivity contribution in [2.45, 2.75) is 32.7 Å². The summed E-state index contributed by atoms with van der Waals surface area (Å²) in [5.41, 5.74) is 6.50. The normalized spacial score (nSPS) is 19.8. The van der Waals surface area contributed by atoms with E-state index in [0.717, 1.165) is 19.0 Å². The average molecular weight is 263 g/mol. The van der Waals surface area contributed by atoms with Gasteiger partial charge in [0.05, 0.1) is 0 Å². The third kappa shape index (κ3) is 3.53. The molecule has 1 aromatic carbocycles. The largest absolute Gasteiger partial charge is 0.384 e. The minimum absolute atomic E-state index is 0.0883. The van der Waals surface area contributed by atoms with E-state index in [0.29, 0.717) is 17.7 Å². The van der Waals surface area contributed by atoms with Crippen LogP contribution in [-0.4, -0.2) is 23.8 Å². The van der Waals surface area contributed by atoms with E-state index in [2.05, 4.69) is 11.8 Å². The first-order valence-electron chi connectivity index (χ1n) is 6.95. The Hall–Kier alpha value is -1.42. The van der Waals surface area contributed by atoms with Crippen molar-refractivity contribution in [3.8, 4) is 0 Å². The van der Waals surface area contributed by atoms with Gasteiger partial charge in [-0.1, -0.05) is 25.5 Å². The Morgan fingerprint density at radius 3 is 2.95 bits per heavy atom. The maximum Gasteiger partial charge on any atom is 0.128 e. The van der Waals surface area contributed by atoms with Crippen molar-refractivity contribution in [3.63, 3.8) is 0 Å². The fourth-order valence-corrected chi connectivity index (χ4v) is 2.78. The van der Waals surface area contributed by atoms with E-state index in [-0.39, 0.29) is 11.7 Å². The molecule has 0 saturated carbocycles. The van der Waals surface area contributed by atoms with E-state index in [1.807, 2.05) is 0 Å². The van der Waals surface area contributed by atoms with Crippen molar-refractivity contribution >= 4 is 5.84 Å². The number of hydrogen-bond acceptors (Lipinski definition) is 2. The molecule has 1 saturated heterocycles. The summed E-state index contributed by atoms with van der Waals surface area (Å²) in [6.45, 7) is 4.99. The second kappa shape index (κ2) is 6.15. The molecule has 1 aliphatic rings. The van der Waals surface area contributed by atoms with E-state index in [4.69, 9.17) is 11.1 Å². The monoisotopic (exact) mass is 263 g/mol. The fourth-order valence-electron chi connectivity index (χ4n) is 2.78. The molecule has 1 unspecified atom stereocenters. The molecular weight excluding hydrogens is 241 g/mol. The van der Waals surface area contributed by atoms with Crippen LogP contribution in [0.15, 0.2) is 18.2 Å². The minimum Gasteiger partial charge on any atom is -0.384 e. The van der Waals surface area contributed by atoms with Crippen molar-refractivity contribution in [1.82, 2.24) is 4.90 Å². The minimum atomic E-state index is -0.258. The molecule has 0 radical (unpaired) electrons. The zero-order chi connectivity index (χ0) is 13.8. The molecule has 2 rings (SSSR count). The highest BCUT2D eigenvalue weighted by Gasteiger charge is 2.22. The molecular formula is C15H22FN3. The van der Waals surface area contributed by atoms with E-state index in [1.54, 1.807) is 12.1 Å². The quantitative estimate of drug-likeness (QED) is 0.634. The zero-order valence-electron chi connectivity index (χ0n) is 11.5. The lowest BCUT2D eigenvalue weighted by molar-refractivity contribution is 0.308. The topological polar surface area (TPSA) is 53.1 Å².